The summed E-state index contributed by atoms with van der Waals surface area (Å²) in [5.41, 5.74) is 4.32. The van der Waals surface area contributed by atoms with Crippen molar-refractivity contribution in [1.82, 2.24) is 19.9 Å². The molecule has 1 aliphatic heterocycles. The lowest BCUT2D eigenvalue weighted by Gasteiger charge is -2.29. The molecule has 5 nitrogen and oxygen atoms in total. The molecule has 3 aromatic heterocycles. The van der Waals surface area contributed by atoms with Crippen LogP contribution >= 0.6 is 23.8 Å². The van der Waals surface area contributed by atoms with Crippen LogP contribution in [-0.4, -0.2) is 19.6 Å². The van der Waals surface area contributed by atoms with E-state index in [9.17, 15) is 0 Å². The second-order valence-corrected chi connectivity index (χ2v) is 8.48. The van der Waals surface area contributed by atoms with Crippen LogP contribution in [0.4, 0.5) is 5.69 Å². The fourth-order valence-corrected chi connectivity index (χ4v) is 4.64. The van der Waals surface area contributed by atoms with Crippen molar-refractivity contribution in [2.24, 2.45) is 0 Å². The SMILES string of the molecule is CCc1ccc(N2C(=S)NC(c3ccccn3)C2c2cccn2-c2ccc(Cl)cn2)cc1. The maximum atomic E-state index is 6.07. The molecule has 2 unspecified atom stereocenters. The van der Waals surface area contributed by atoms with Gasteiger partial charge in [0.2, 0.25) is 0 Å². The largest absolute Gasteiger partial charge is 0.351 e. The zero-order valence-electron chi connectivity index (χ0n) is 17.5. The molecule has 1 aliphatic rings. The minimum absolute atomic E-state index is 0.114. The van der Waals surface area contributed by atoms with E-state index in [4.69, 9.17) is 23.8 Å². The Balaban J connectivity index is 1.64. The van der Waals surface area contributed by atoms with Crippen LogP contribution in [0.3, 0.4) is 0 Å². The van der Waals surface area contributed by atoms with E-state index in [0.717, 1.165) is 29.3 Å². The minimum Gasteiger partial charge on any atom is -0.351 e. The first-order valence-corrected chi connectivity index (χ1v) is 11.3. The van der Waals surface area contributed by atoms with Crippen molar-refractivity contribution in [1.29, 1.82) is 0 Å². The Bertz CT molecular complexity index is 1220. The quantitative estimate of drug-likeness (QED) is 0.390. The lowest BCUT2D eigenvalue weighted by Crippen LogP contribution is -2.30. The summed E-state index contributed by atoms with van der Waals surface area (Å²) in [5.74, 6) is 0.799. The van der Waals surface area contributed by atoms with E-state index in [1.807, 2.05) is 48.8 Å². The molecule has 2 atom stereocenters. The van der Waals surface area contributed by atoms with Crippen LogP contribution in [0.2, 0.25) is 5.02 Å². The van der Waals surface area contributed by atoms with Gasteiger partial charge in [-0.05, 0) is 72.7 Å². The molecule has 0 amide bonds. The van der Waals surface area contributed by atoms with Crippen molar-refractivity contribution >= 4 is 34.6 Å². The Morgan fingerprint density at radius 1 is 1.00 bits per heavy atom. The lowest BCUT2D eigenvalue weighted by atomic mass is 10.0. The van der Waals surface area contributed by atoms with Crippen LogP contribution in [0.25, 0.3) is 5.82 Å². The van der Waals surface area contributed by atoms with E-state index < -0.39 is 0 Å². The van der Waals surface area contributed by atoms with Crippen molar-refractivity contribution in [3.8, 4) is 5.82 Å². The standard InChI is InChI=1S/C25H22ClN5S/c1-2-17-8-11-19(12-9-17)31-24(23(29-25(31)32)20-6-3-4-14-27-20)21-7-5-15-30(21)22-13-10-18(26)16-28-22/h3-16,23-24H,2H2,1H3,(H,29,32). The van der Waals surface area contributed by atoms with E-state index in [0.29, 0.717) is 10.1 Å². The van der Waals surface area contributed by atoms with E-state index in [1.165, 1.54) is 5.56 Å². The highest BCUT2D eigenvalue weighted by Gasteiger charge is 2.42. The average molecular weight is 460 g/mol. The van der Waals surface area contributed by atoms with Crippen molar-refractivity contribution in [2.75, 3.05) is 4.90 Å². The van der Waals surface area contributed by atoms with Gasteiger partial charge < -0.3 is 14.8 Å². The number of anilines is 1. The third-order valence-corrected chi connectivity index (χ3v) is 6.30. The molecule has 4 heterocycles. The summed E-state index contributed by atoms with van der Waals surface area (Å²) in [6.07, 6.45) is 6.49. The first-order valence-electron chi connectivity index (χ1n) is 10.5. The Morgan fingerprint density at radius 3 is 2.53 bits per heavy atom. The first kappa shape index (κ1) is 20.7. The Hall–Kier alpha value is -3.22. The maximum Gasteiger partial charge on any atom is 0.174 e. The van der Waals surface area contributed by atoms with Crippen molar-refractivity contribution in [3.63, 3.8) is 0 Å². The number of pyridine rings is 2. The Labute approximate surface area is 197 Å². The summed E-state index contributed by atoms with van der Waals surface area (Å²) in [5, 5.41) is 4.79. The highest BCUT2D eigenvalue weighted by molar-refractivity contribution is 7.80. The molecule has 32 heavy (non-hydrogen) atoms. The highest BCUT2D eigenvalue weighted by Crippen LogP contribution is 2.42. The molecule has 0 radical (unpaired) electrons. The van der Waals surface area contributed by atoms with Gasteiger partial charge in [-0.3, -0.25) is 4.98 Å². The van der Waals surface area contributed by atoms with E-state index in [1.54, 1.807) is 6.20 Å². The molecule has 0 bridgehead atoms. The van der Waals surface area contributed by atoms with Gasteiger partial charge in [-0.1, -0.05) is 36.7 Å². The predicted molar refractivity (Wildman–Crippen MR) is 132 cm³/mol. The zero-order chi connectivity index (χ0) is 22.1. The zero-order valence-corrected chi connectivity index (χ0v) is 19.1. The molecule has 1 aromatic carbocycles. The van der Waals surface area contributed by atoms with Gasteiger partial charge in [0.05, 0.1) is 16.8 Å². The second kappa shape index (κ2) is 8.73. The van der Waals surface area contributed by atoms with Gasteiger partial charge in [-0.2, -0.15) is 0 Å². The minimum atomic E-state index is -0.115. The molecule has 1 N–H and O–H groups in total. The molecule has 0 saturated carbocycles. The van der Waals surface area contributed by atoms with Crippen LogP contribution in [0, 0.1) is 0 Å². The van der Waals surface area contributed by atoms with Gasteiger partial charge >= 0.3 is 0 Å². The van der Waals surface area contributed by atoms with Crippen LogP contribution in [0.5, 0.6) is 0 Å². The summed E-state index contributed by atoms with van der Waals surface area (Å²) in [7, 11) is 0. The number of hydrogen-bond donors (Lipinski definition) is 1. The fraction of sp³-hybridized carbons (Fsp3) is 0.160. The van der Waals surface area contributed by atoms with Crippen LogP contribution in [0.15, 0.2) is 85.3 Å². The number of nitrogens with zero attached hydrogens (tertiary/aromatic N) is 4. The lowest BCUT2D eigenvalue weighted by molar-refractivity contribution is 0.548. The summed E-state index contributed by atoms with van der Waals surface area (Å²) < 4.78 is 2.08. The third-order valence-electron chi connectivity index (χ3n) is 5.76. The molecule has 0 spiro atoms. The molecule has 7 heteroatoms. The second-order valence-electron chi connectivity index (χ2n) is 7.65. The Kier molecular flexibility index (Phi) is 5.64. The summed E-state index contributed by atoms with van der Waals surface area (Å²) in [4.78, 5) is 11.3. The summed E-state index contributed by atoms with van der Waals surface area (Å²) >= 11 is 11.9. The topological polar surface area (TPSA) is 46.0 Å². The van der Waals surface area contributed by atoms with Gasteiger partial charge in [0.1, 0.15) is 11.9 Å². The number of rotatable bonds is 5. The summed E-state index contributed by atoms with van der Waals surface area (Å²) in [6.45, 7) is 2.16. The smallest absolute Gasteiger partial charge is 0.174 e. The van der Waals surface area contributed by atoms with E-state index in [-0.39, 0.29) is 12.1 Å². The molecular weight excluding hydrogens is 438 g/mol. The summed E-state index contributed by atoms with van der Waals surface area (Å²) in [6, 6.07) is 22.2. The number of aromatic nitrogens is 3. The molecular formula is C25H22ClN5S. The molecule has 1 saturated heterocycles. The van der Waals surface area contributed by atoms with E-state index in [2.05, 4.69) is 62.0 Å². The molecule has 0 aliphatic carbocycles. The normalized spacial score (nSPS) is 18.1. The number of hydrogen-bond acceptors (Lipinski definition) is 3. The number of thiocarbonyl (C=S) groups is 1. The number of nitrogens with one attached hydrogen (secondary N) is 1. The molecule has 1 fully saturated rings. The van der Waals surface area contributed by atoms with Gasteiger partial charge in [-0.15, -0.1) is 0 Å². The highest BCUT2D eigenvalue weighted by atomic mass is 35.5. The molecule has 160 valence electrons. The number of aryl methyl sites for hydroxylation is 1. The van der Waals surface area contributed by atoms with Gasteiger partial charge in [0.25, 0.3) is 0 Å². The van der Waals surface area contributed by atoms with Gasteiger partial charge in [0, 0.05) is 30.0 Å². The van der Waals surface area contributed by atoms with Gasteiger partial charge in [-0.25, -0.2) is 4.98 Å². The molecule has 4 aromatic rings. The first-order chi connectivity index (χ1) is 15.7. The maximum absolute atomic E-state index is 6.07. The third kappa shape index (κ3) is 3.76. The molecule has 5 rings (SSSR count). The van der Waals surface area contributed by atoms with Crippen LogP contribution < -0.4 is 10.2 Å². The average Bonchev–Trinajstić information content (AvgIpc) is 3.44. The van der Waals surface area contributed by atoms with Gasteiger partial charge in [0.15, 0.2) is 5.11 Å². The number of benzene rings is 1. The monoisotopic (exact) mass is 459 g/mol. The van der Waals surface area contributed by atoms with Crippen LogP contribution in [-0.2, 0) is 6.42 Å². The van der Waals surface area contributed by atoms with Crippen LogP contribution in [0.1, 0.15) is 36.0 Å². The Morgan fingerprint density at radius 2 is 1.84 bits per heavy atom. The predicted octanol–water partition coefficient (Wildman–Crippen LogP) is 5.66. The van der Waals surface area contributed by atoms with Crippen molar-refractivity contribution in [2.45, 2.75) is 25.4 Å². The van der Waals surface area contributed by atoms with Crippen molar-refractivity contribution in [3.05, 3.63) is 107 Å². The fourth-order valence-electron chi connectivity index (χ4n) is 4.18. The number of halogens is 1. The van der Waals surface area contributed by atoms with Crippen molar-refractivity contribution < 1.29 is 0 Å². The van der Waals surface area contributed by atoms with E-state index >= 15 is 0 Å².